The number of hydrogen-bond donors (Lipinski definition) is 0. The molecule has 0 aliphatic heterocycles. The van der Waals surface area contributed by atoms with E-state index in [4.69, 9.17) is 0 Å². The molecular weight excluding hydrogens is 851 g/mol. The normalized spacial score (nSPS) is 11.2. The van der Waals surface area contributed by atoms with E-state index in [1.54, 1.807) is 23.3 Å². The van der Waals surface area contributed by atoms with Crippen LogP contribution < -0.4 is 24.8 Å². The van der Waals surface area contributed by atoms with E-state index in [-0.39, 0.29) is 47.0 Å². The predicted octanol–water partition coefficient (Wildman–Crippen LogP) is 9.64. The van der Waals surface area contributed by atoms with Gasteiger partial charge >= 0.3 is 41.9 Å². The molecule has 0 unspecified atom stereocenters. The van der Waals surface area contributed by atoms with E-state index in [1.165, 1.54) is 82.7 Å². The van der Waals surface area contributed by atoms with Crippen LogP contribution in [0.25, 0.3) is 43.8 Å². The van der Waals surface area contributed by atoms with Crippen molar-refractivity contribution in [2.24, 2.45) is 0 Å². The van der Waals surface area contributed by atoms with Gasteiger partial charge in [-0.05, 0) is 44.2 Å². The maximum atomic E-state index is 2.40. The molecular formula is C55H58Cl2SiZr-2. The Kier molecular flexibility index (Phi) is 16.8. The minimum atomic E-state index is 0. The summed E-state index contributed by atoms with van der Waals surface area (Å²) in [5, 5.41) is 5.37. The summed E-state index contributed by atoms with van der Waals surface area (Å²) in [6.07, 6.45) is 0. The quantitative estimate of drug-likeness (QED) is 0.119. The fraction of sp³-hybridized carbons (Fsp3) is 0.236. The van der Waals surface area contributed by atoms with E-state index in [1.807, 2.05) is 0 Å². The van der Waals surface area contributed by atoms with Crippen LogP contribution in [0.2, 0.25) is 13.1 Å². The fourth-order valence-electron chi connectivity index (χ4n) is 7.69. The van der Waals surface area contributed by atoms with Crippen molar-refractivity contribution in [3.8, 4) is 22.3 Å². The first kappa shape index (κ1) is 47.9. The molecule has 4 heteroatoms. The van der Waals surface area contributed by atoms with Crippen molar-refractivity contribution in [2.45, 2.75) is 85.2 Å². The summed E-state index contributed by atoms with van der Waals surface area (Å²) in [4.78, 5) is 0. The van der Waals surface area contributed by atoms with Crippen molar-refractivity contribution in [3.63, 3.8) is 0 Å². The van der Waals surface area contributed by atoms with Crippen LogP contribution in [0, 0.1) is 13.8 Å². The van der Waals surface area contributed by atoms with Crippen LogP contribution in [-0.2, 0) is 34.2 Å². The minimum Gasteiger partial charge on any atom is -1.00 e. The Bertz CT molecular complexity index is 2520. The van der Waals surface area contributed by atoms with E-state index in [9.17, 15) is 0 Å². The zero-order valence-corrected chi connectivity index (χ0v) is 41.4. The third-order valence-electron chi connectivity index (χ3n) is 10.7. The van der Waals surface area contributed by atoms with Gasteiger partial charge < -0.3 is 24.8 Å². The van der Waals surface area contributed by atoms with E-state index in [0.717, 1.165) is 0 Å². The van der Waals surface area contributed by atoms with Crippen molar-refractivity contribution in [1.29, 1.82) is 0 Å². The molecule has 8 aromatic rings. The molecule has 0 spiro atoms. The number of aryl methyl sites for hydroxylation is 2. The third kappa shape index (κ3) is 12.0. The van der Waals surface area contributed by atoms with Crippen LogP contribution in [0.15, 0.2) is 164 Å². The molecule has 0 saturated heterocycles. The van der Waals surface area contributed by atoms with E-state index in [2.05, 4.69) is 232 Å². The molecule has 0 saturated carbocycles. The zero-order valence-electron chi connectivity index (χ0n) is 36.4. The van der Waals surface area contributed by atoms with Crippen molar-refractivity contribution in [3.05, 3.63) is 203 Å². The van der Waals surface area contributed by atoms with Gasteiger partial charge in [0, 0.05) is 5.92 Å². The number of halogens is 2. The molecule has 0 amide bonds. The number of benzene rings is 6. The van der Waals surface area contributed by atoms with Gasteiger partial charge in [0.05, 0.1) is 0 Å². The average molecular weight is 909 g/mol. The summed E-state index contributed by atoms with van der Waals surface area (Å²) < 4.78 is 0. The Hall–Kier alpha value is -3.78. The van der Waals surface area contributed by atoms with Crippen LogP contribution in [0.1, 0.15) is 86.4 Å². The molecule has 0 fully saturated rings. The molecule has 0 aromatic heterocycles. The van der Waals surface area contributed by atoms with E-state index < -0.39 is 0 Å². The van der Waals surface area contributed by atoms with Crippen molar-refractivity contribution in [1.82, 2.24) is 0 Å². The van der Waals surface area contributed by atoms with Gasteiger partial charge in [-0.25, -0.2) is 0 Å². The Morgan fingerprint density at radius 1 is 0.508 bits per heavy atom. The van der Waals surface area contributed by atoms with Gasteiger partial charge in [-0.2, -0.15) is 12.1 Å². The Morgan fingerprint density at radius 3 is 1.42 bits per heavy atom. The number of fused-ring (bicyclic) bond motifs is 2. The van der Waals surface area contributed by atoms with Gasteiger partial charge in [0.25, 0.3) is 0 Å². The first-order valence-electron chi connectivity index (χ1n) is 20.3. The van der Waals surface area contributed by atoms with Crippen LogP contribution in [-0.4, -0.2) is 5.43 Å². The molecule has 8 rings (SSSR count). The Morgan fingerprint density at radius 2 is 0.966 bits per heavy atom. The standard InChI is InChI=1S/C32H29.C21H23.C2H6Si.2ClH.Zr/c1-32(2,3)28-19-17-23(18-20-28)29-16-10-15-26-21-27(22-30(26)29)31(24-11-6-4-7-12-24)25-13-8-5-9-14-25;1-14-12-19-15(2)6-11-18(20(19)13-14)16-7-9-17(10-8-16)21(3,4)5;1-3-2;;;/h4-22,31H,1-3H3;6-13H,1-5H3;1-2H3;2*1H;/q2*-1;;;;+2/p-2. The van der Waals surface area contributed by atoms with Crippen molar-refractivity contribution < 1.29 is 48.1 Å². The summed E-state index contributed by atoms with van der Waals surface area (Å²) in [5.41, 5.74) is 15.2. The predicted molar refractivity (Wildman–Crippen MR) is 248 cm³/mol. The second kappa shape index (κ2) is 20.7. The molecule has 0 heterocycles. The molecule has 0 atom stereocenters. The molecule has 0 bridgehead atoms. The van der Waals surface area contributed by atoms with Gasteiger partial charge in [0.2, 0.25) is 0 Å². The van der Waals surface area contributed by atoms with Crippen LogP contribution in [0.5, 0.6) is 0 Å². The fourth-order valence-corrected chi connectivity index (χ4v) is 7.69. The van der Waals surface area contributed by atoms with Gasteiger partial charge in [-0.15, -0.1) is 68.6 Å². The summed E-state index contributed by atoms with van der Waals surface area (Å²) in [7, 11) is 0. The molecule has 0 radical (unpaired) electrons. The third-order valence-corrected chi connectivity index (χ3v) is 10.7. The molecule has 8 aromatic carbocycles. The second-order valence-corrected chi connectivity index (χ2v) is 27.2. The van der Waals surface area contributed by atoms with Gasteiger partial charge in [0.15, 0.2) is 0 Å². The average Bonchev–Trinajstić information content (AvgIpc) is 3.79. The van der Waals surface area contributed by atoms with Crippen molar-refractivity contribution in [2.75, 3.05) is 0 Å². The van der Waals surface area contributed by atoms with Crippen LogP contribution in [0.3, 0.4) is 0 Å². The summed E-state index contributed by atoms with van der Waals surface area (Å²) in [6, 6.07) is 60.3. The SMILES string of the molecule is CC(C)(C)c1ccc(-c2cccc3[cH-]c(C(c4ccccc4)c4ccccc4)cc23)cc1.C[Si](C)=[Zr+2].Cc1cc2c(-c3ccc(C(C)(C)C)cc3)ccc(C)c2[cH-]1.[Cl-].[Cl-]. The molecule has 302 valence electrons. The minimum absolute atomic E-state index is 0. The Labute approximate surface area is 382 Å². The van der Waals surface area contributed by atoms with Gasteiger partial charge in [-0.3, -0.25) is 0 Å². The van der Waals surface area contributed by atoms with Crippen LogP contribution >= 0.6 is 0 Å². The van der Waals surface area contributed by atoms with Crippen molar-refractivity contribution >= 4 is 27.0 Å². The van der Waals surface area contributed by atoms with Crippen LogP contribution in [0.4, 0.5) is 0 Å². The van der Waals surface area contributed by atoms with Gasteiger partial charge in [-0.1, -0.05) is 188 Å². The van der Waals surface area contributed by atoms with E-state index >= 15 is 0 Å². The molecule has 0 N–H and O–H groups in total. The first-order valence-corrected chi connectivity index (χ1v) is 26.5. The maximum absolute atomic E-state index is 2.40. The van der Waals surface area contributed by atoms with Gasteiger partial charge in [0.1, 0.15) is 0 Å². The summed E-state index contributed by atoms with van der Waals surface area (Å²) in [6.45, 7) is 22.5. The smallest absolute Gasteiger partial charge is 0.0132 e. The topological polar surface area (TPSA) is 0 Å². The Balaban J connectivity index is 0.000000247. The largest absolute Gasteiger partial charge is 1.00 e. The number of rotatable bonds is 5. The molecule has 0 aliphatic rings. The zero-order chi connectivity index (χ0) is 40.9. The monoisotopic (exact) mass is 906 g/mol. The maximum Gasteiger partial charge on any atom is -0.0132 e. The second-order valence-electron chi connectivity index (χ2n) is 17.8. The molecule has 0 aliphatic carbocycles. The number of hydrogen-bond acceptors (Lipinski definition) is 0. The van der Waals surface area contributed by atoms with E-state index in [0.29, 0.717) is 0 Å². The first-order chi connectivity index (χ1) is 27.1. The summed E-state index contributed by atoms with van der Waals surface area (Å²) >= 11 is 1.74. The molecule has 0 nitrogen and oxygen atoms in total. The summed E-state index contributed by atoms with van der Waals surface area (Å²) in [5.74, 6) is 0.223. The molecule has 59 heavy (non-hydrogen) atoms.